The molecule has 0 aromatic rings. The van der Waals surface area contributed by atoms with Crippen LogP contribution in [0.5, 0.6) is 0 Å². The molecule has 1 aliphatic heterocycles. The van der Waals surface area contributed by atoms with Gasteiger partial charge in [-0.2, -0.15) is 0 Å². The van der Waals surface area contributed by atoms with Gasteiger partial charge >= 0.3 is 0 Å². The third-order valence-electron chi connectivity index (χ3n) is 3.85. The van der Waals surface area contributed by atoms with Crippen molar-refractivity contribution in [2.24, 2.45) is 16.6 Å². The lowest BCUT2D eigenvalue weighted by molar-refractivity contribution is -0.127. The first-order chi connectivity index (χ1) is 9.99. The molecule has 0 aromatic carbocycles. The number of aliphatic imine (C=N–C) groups is 1. The molecule has 0 aliphatic carbocycles. The summed E-state index contributed by atoms with van der Waals surface area (Å²) in [6, 6.07) is 0.368. The van der Waals surface area contributed by atoms with E-state index in [9.17, 15) is 4.79 Å². The normalized spacial score (nSPS) is 17.6. The molecule has 1 aliphatic rings. The molecule has 5 nitrogen and oxygen atoms in total. The maximum Gasteiger partial charge on any atom is 0.222 e. The summed E-state index contributed by atoms with van der Waals surface area (Å²) in [6.45, 7) is 9.04. The molecule has 1 fully saturated rings. The van der Waals surface area contributed by atoms with E-state index in [0.29, 0.717) is 25.0 Å². The smallest absolute Gasteiger partial charge is 0.222 e. The highest BCUT2D eigenvalue weighted by atomic mass is 16.2. The molecule has 1 rings (SSSR count). The lowest BCUT2D eigenvalue weighted by Crippen LogP contribution is -2.38. The van der Waals surface area contributed by atoms with Crippen LogP contribution < -0.4 is 11.1 Å². The highest BCUT2D eigenvalue weighted by Crippen LogP contribution is 2.09. The molecule has 0 saturated carbocycles. The van der Waals surface area contributed by atoms with Gasteiger partial charge < -0.3 is 16.0 Å². The highest BCUT2D eigenvalue weighted by Gasteiger charge is 2.18. The average Bonchev–Trinajstić information content (AvgIpc) is 2.80. The molecule has 0 aromatic heterocycles. The Kier molecular flexibility index (Phi) is 8.16. The standard InChI is InChI=1S/C16H32N4O/c1-13(2)7-4-8-14(3)19-16(17)18-10-6-12-20-11-5-9-15(20)21/h13-14H,4-12H2,1-3H3,(H3,17,18,19). The number of likely N-dealkylation sites (tertiary alicyclic amines) is 1. The van der Waals surface area contributed by atoms with Gasteiger partial charge in [0.05, 0.1) is 0 Å². The molecule has 21 heavy (non-hydrogen) atoms. The lowest BCUT2D eigenvalue weighted by Gasteiger charge is -2.16. The molecule has 1 atom stereocenters. The first kappa shape index (κ1) is 17.8. The maximum absolute atomic E-state index is 11.4. The molecule has 0 radical (unpaired) electrons. The van der Waals surface area contributed by atoms with Crippen LogP contribution in [0.4, 0.5) is 0 Å². The van der Waals surface area contributed by atoms with Gasteiger partial charge in [0.1, 0.15) is 0 Å². The number of carbonyl (C=O) groups is 1. The number of carbonyl (C=O) groups excluding carboxylic acids is 1. The number of nitrogens with one attached hydrogen (secondary N) is 1. The van der Waals surface area contributed by atoms with Crippen LogP contribution in [0, 0.1) is 5.92 Å². The minimum absolute atomic E-state index is 0.281. The topological polar surface area (TPSA) is 70.7 Å². The monoisotopic (exact) mass is 296 g/mol. The van der Waals surface area contributed by atoms with E-state index in [1.165, 1.54) is 12.8 Å². The van der Waals surface area contributed by atoms with Crippen molar-refractivity contribution < 1.29 is 4.79 Å². The second-order valence-electron chi connectivity index (χ2n) is 6.47. The molecule has 1 heterocycles. The van der Waals surface area contributed by atoms with E-state index in [1.807, 2.05) is 4.90 Å². The van der Waals surface area contributed by atoms with Crippen LogP contribution in [0.25, 0.3) is 0 Å². The van der Waals surface area contributed by atoms with Gasteiger partial charge in [-0.1, -0.05) is 26.7 Å². The first-order valence-electron chi connectivity index (χ1n) is 8.33. The van der Waals surface area contributed by atoms with Gasteiger partial charge in [-0.15, -0.1) is 0 Å². The Morgan fingerprint density at radius 2 is 2.10 bits per heavy atom. The third kappa shape index (κ3) is 7.93. The number of nitrogens with zero attached hydrogens (tertiary/aromatic N) is 2. The minimum Gasteiger partial charge on any atom is -0.370 e. The van der Waals surface area contributed by atoms with Gasteiger partial charge in [0.2, 0.25) is 5.91 Å². The Bertz CT molecular complexity index is 341. The van der Waals surface area contributed by atoms with Crippen molar-refractivity contribution in [3.8, 4) is 0 Å². The second-order valence-corrected chi connectivity index (χ2v) is 6.47. The van der Waals surface area contributed by atoms with Gasteiger partial charge in [-0.25, -0.2) is 0 Å². The molecular weight excluding hydrogens is 264 g/mol. The number of hydrogen-bond donors (Lipinski definition) is 2. The van der Waals surface area contributed by atoms with Crippen molar-refractivity contribution in [3.63, 3.8) is 0 Å². The Balaban J connectivity index is 2.10. The van der Waals surface area contributed by atoms with Crippen molar-refractivity contribution >= 4 is 11.9 Å². The van der Waals surface area contributed by atoms with E-state index in [1.54, 1.807) is 0 Å². The van der Waals surface area contributed by atoms with E-state index in [-0.39, 0.29) is 5.91 Å². The van der Waals surface area contributed by atoms with Gasteiger partial charge in [0.15, 0.2) is 5.96 Å². The first-order valence-corrected chi connectivity index (χ1v) is 8.33. The van der Waals surface area contributed by atoms with Crippen LogP contribution in [0.3, 0.4) is 0 Å². The van der Waals surface area contributed by atoms with E-state index in [4.69, 9.17) is 5.73 Å². The predicted octanol–water partition coefficient (Wildman–Crippen LogP) is 2.12. The summed E-state index contributed by atoms with van der Waals surface area (Å²) in [7, 11) is 0. The fourth-order valence-corrected chi connectivity index (χ4v) is 2.60. The van der Waals surface area contributed by atoms with Crippen molar-refractivity contribution in [2.75, 3.05) is 19.6 Å². The van der Waals surface area contributed by atoms with Gasteiger partial charge in [-0.05, 0) is 32.1 Å². The van der Waals surface area contributed by atoms with E-state index in [2.05, 4.69) is 31.1 Å². The number of guanidine groups is 1. The van der Waals surface area contributed by atoms with Crippen LogP contribution >= 0.6 is 0 Å². The molecule has 1 unspecified atom stereocenters. The van der Waals surface area contributed by atoms with Gasteiger partial charge in [-0.3, -0.25) is 9.79 Å². The second kappa shape index (κ2) is 9.64. The molecule has 0 spiro atoms. The van der Waals surface area contributed by atoms with Crippen LogP contribution in [0.1, 0.15) is 59.3 Å². The summed E-state index contributed by atoms with van der Waals surface area (Å²) in [6.07, 6.45) is 6.19. The predicted molar refractivity (Wildman–Crippen MR) is 88.2 cm³/mol. The Morgan fingerprint density at radius 3 is 2.71 bits per heavy atom. The molecular formula is C16H32N4O. The van der Waals surface area contributed by atoms with Crippen molar-refractivity contribution in [2.45, 2.75) is 65.3 Å². The van der Waals surface area contributed by atoms with Crippen LogP contribution in [-0.2, 0) is 4.79 Å². The number of rotatable bonds is 9. The number of amides is 1. The van der Waals surface area contributed by atoms with Gasteiger partial charge in [0.25, 0.3) is 0 Å². The number of hydrogen-bond acceptors (Lipinski definition) is 2. The minimum atomic E-state index is 0.281. The van der Waals surface area contributed by atoms with Crippen LogP contribution in [0.15, 0.2) is 4.99 Å². The van der Waals surface area contributed by atoms with E-state index in [0.717, 1.165) is 38.3 Å². The molecule has 1 amide bonds. The van der Waals surface area contributed by atoms with E-state index < -0.39 is 0 Å². The molecule has 0 bridgehead atoms. The lowest BCUT2D eigenvalue weighted by atomic mass is 10.0. The zero-order chi connectivity index (χ0) is 15.7. The average molecular weight is 296 g/mol. The summed E-state index contributed by atoms with van der Waals surface area (Å²) >= 11 is 0. The number of nitrogens with two attached hydrogens (primary N) is 1. The van der Waals surface area contributed by atoms with Crippen molar-refractivity contribution in [1.82, 2.24) is 10.2 Å². The maximum atomic E-state index is 11.4. The SMILES string of the molecule is CC(C)CCCC(C)NC(N)=NCCCN1CCCC1=O. The highest BCUT2D eigenvalue weighted by molar-refractivity contribution is 5.78. The Labute approximate surface area is 129 Å². The zero-order valence-corrected chi connectivity index (χ0v) is 13.9. The fraction of sp³-hybridized carbons (Fsp3) is 0.875. The molecule has 5 heteroatoms. The quantitative estimate of drug-likeness (QED) is 0.389. The van der Waals surface area contributed by atoms with Crippen LogP contribution in [0.2, 0.25) is 0 Å². The summed E-state index contributed by atoms with van der Waals surface area (Å²) in [5.41, 5.74) is 5.89. The molecule has 122 valence electrons. The Morgan fingerprint density at radius 1 is 1.33 bits per heavy atom. The summed E-state index contributed by atoms with van der Waals surface area (Å²) in [5.74, 6) is 1.57. The fourth-order valence-electron chi connectivity index (χ4n) is 2.60. The Hall–Kier alpha value is -1.26. The summed E-state index contributed by atoms with van der Waals surface area (Å²) in [5, 5.41) is 3.24. The zero-order valence-electron chi connectivity index (χ0n) is 13.9. The molecule has 1 saturated heterocycles. The summed E-state index contributed by atoms with van der Waals surface area (Å²) < 4.78 is 0. The molecule has 3 N–H and O–H groups in total. The van der Waals surface area contributed by atoms with E-state index >= 15 is 0 Å². The summed E-state index contributed by atoms with van der Waals surface area (Å²) in [4.78, 5) is 17.7. The largest absolute Gasteiger partial charge is 0.370 e. The van der Waals surface area contributed by atoms with Crippen molar-refractivity contribution in [1.29, 1.82) is 0 Å². The van der Waals surface area contributed by atoms with Gasteiger partial charge in [0, 0.05) is 32.1 Å². The van der Waals surface area contributed by atoms with Crippen molar-refractivity contribution in [3.05, 3.63) is 0 Å². The van der Waals surface area contributed by atoms with Crippen LogP contribution in [-0.4, -0.2) is 42.4 Å². The third-order valence-corrected chi connectivity index (χ3v) is 3.85.